The molecule has 1 aromatic heterocycles. The van der Waals surface area contributed by atoms with Crippen molar-refractivity contribution in [1.82, 2.24) is 10.1 Å². The number of carbonyl (C=O) groups is 1. The van der Waals surface area contributed by atoms with Gasteiger partial charge in [-0.25, -0.2) is 0 Å². The normalized spacial score (nSPS) is 15.2. The second-order valence-corrected chi connectivity index (χ2v) is 7.15. The van der Waals surface area contributed by atoms with E-state index in [1.54, 1.807) is 0 Å². The van der Waals surface area contributed by atoms with Crippen LogP contribution >= 0.6 is 0 Å². The number of aryl methyl sites for hydroxylation is 1. The SMILES string of the molecule is CCOc1ccccc1OC1CCN(C(=O)c2c(C)noc2C(C)C)CC1. The van der Waals surface area contributed by atoms with Crippen LogP contribution in [0.1, 0.15) is 61.3 Å². The lowest BCUT2D eigenvalue weighted by atomic mass is 10.0. The molecular formula is C21H28N2O4. The number of rotatable bonds is 6. The number of piperidine rings is 1. The Hall–Kier alpha value is -2.50. The predicted octanol–water partition coefficient (Wildman–Crippen LogP) is 4.19. The first-order valence-corrected chi connectivity index (χ1v) is 9.65. The number of likely N-dealkylation sites (tertiary alicyclic amines) is 1. The Bertz CT molecular complexity index is 776. The molecule has 0 spiro atoms. The van der Waals surface area contributed by atoms with Crippen LogP contribution in [0.3, 0.4) is 0 Å². The van der Waals surface area contributed by atoms with Gasteiger partial charge in [-0.1, -0.05) is 31.1 Å². The zero-order valence-electron chi connectivity index (χ0n) is 16.5. The average molecular weight is 372 g/mol. The van der Waals surface area contributed by atoms with Gasteiger partial charge in [0, 0.05) is 31.8 Å². The van der Waals surface area contributed by atoms with Gasteiger partial charge in [-0.05, 0) is 26.0 Å². The van der Waals surface area contributed by atoms with Crippen molar-refractivity contribution in [3.8, 4) is 11.5 Å². The van der Waals surface area contributed by atoms with Gasteiger partial charge in [-0.3, -0.25) is 4.79 Å². The Kier molecular flexibility index (Phi) is 6.04. The number of amides is 1. The van der Waals surface area contributed by atoms with Crippen molar-refractivity contribution < 1.29 is 18.8 Å². The Balaban J connectivity index is 1.63. The summed E-state index contributed by atoms with van der Waals surface area (Å²) in [6.45, 7) is 9.70. The number of nitrogens with zero attached hydrogens (tertiary/aromatic N) is 2. The molecule has 0 unspecified atom stereocenters. The van der Waals surface area contributed by atoms with E-state index in [4.69, 9.17) is 14.0 Å². The predicted molar refractivity (Wildman–Crippen MR) is 102 cm³/mol. The molecule has 3 rings (SSSR count). The minimum absolute atomic E-state index is 0.00520. The van der Waals surface area contributed by atoms with Crippen LogP contribution in [-0.2, 0) is 0 Å². The van der Waals surface area contributed by atoms with Gasteiger partial charge in [0.25, 0.3) is 5.91 Å². The van der Waals surface area contributed by atoms with E-state index in [0.717, 1.165) is 24.3 Å². The average Bonchev–Trinajstić information content (AvgIpc) is 3.05. The maximum atomic E-state index is 13.0. The molecule has 2 aromatic rings. The summed E-state index contributed by atoms with van der Waals surface area (Å²) in [5.41, 5.74) is 1.28. The fourth-order valence-electron chi connectivity index (χ4n) is 3.38. The van der Waals surface area contributed by atoms with E-state index in [1.165, 1.54) is 0 Å². The Morgan fingerprint density at radius 3 is 2.56 bits per heavy atom. The third-order valence-corrected chi connectivity index (χ3v) is 4.80. The van der Waals surface area contributed by atoms with Crippen LogP contribution in [0.4, 0.5) is 0 Å². The molecule has 0 bridgehead atoms. The van der Waals surface area contributed by atoms with E-state index >= 15 is 0 Å². The third-order valence-electron chi connectivity index (χ3n) is 4.80. The van der Waals surface area contributed by atoms with Crippen LogP contribution in [0, 0.1) is 6.92 Å². The Labute approximate surface area is 160 Å². The van der Waals surface area contributed by atoms with E-state index in [1.807, 2.05) is 56.9 Å². The second kappa shape index (κ2) is 8.46. The van der Waals surface area contributed by atoms with E-state index in [9.17, 15) is 4.79 Å². The molecule has 1 saturated heterocycles. The molecule has 0 N–H and O–H groups in total. The number of hydrogen-bond donors (Lipinski definition) is 0. The highest BCUT2D eigenvalue weighted by Gasteiger charge is 2.30. The zero-order valence-corrected chi connectivity index (χ0v) is 16.5. The molecule has 1 aliphatic heterocycles. The fourth-order valence-corrected chi connectivity index (χ4v) is 3.38. The number of aromatic nitrogens is 1. The van der Waals surface area contributed by atoms with Crippen LogP contribution in [-0.4, -0.2) is 41.8 Å². The van der Waals surface area contributed by atoms with Gasteiger partial charge in [-0.2, -0.15) is 0 Å². The minimum atomic E-state index is 0.00520. The van der Waals surface area contributed by atoms with Gasteiger partial charge in [0.1, 0.15) is 11.7 Å². The smallest absolute Gasteiger partial charge is 0.259 e. The van der Waals surface area contributed by atoms with Crippen molar-refractivity contribution in [3.63, 3.8) is 0 Å². The second-order valence-electron chi connectivity index (χ2n) is 7.15. The summed E-state index contributed by atoms with van der Waals surface area (Å²) in [4.78, 5) is 14.9. The van der Waals surface area contributed by atoms with Gasteiger partial charge < -0.3 is 18.9 Å². The summed E-state index contributed by atoms with van der Waals surface area (Å²) in [5, 5.41) is 3.99. The summed E-state index contributed by atoms with van der Waals surface area (Å²) in [7, 11) is 0. The number of benzene rings is 1. The minimum Gasteiger partial charge on any atom is -0.490 e. The molecule has 27 heavy (non-hydrogen) atoms. The molecule has 146 valence electrons. The quantitative estimate of drug-likeness (QED) is 0.761. The van der Waals surface area contributed by atoms with Crippen LogP contribution in [0.5, 0.6) is 11.5 Å². The standard InChI is InChI=1S/C21H28N2O4/c1-5-25-17-8-6-7-9-18(17)26-16-10-12-23(13-11-16)21(24)19-15(4)22-27-20(19)14(2)3/h6-9,14,16H,5,10-13H2,1-4H3. The van der Waals surface area contributed by atoms with Crippen LogP contribution < -0.4 is 9.47 Å². The summed E-state index contributed by atoms with van der Waals surface area (Å²) in [5.74, 6) is 2.33. The molecule has 2 heterocycles. The summed E-state index contributed by atoms with van der Waals surface area (Å²) >= 11 is 0. The molecule has 0 radical (unpaired) electrons. The van der Waals surface area contributed by atoms with E-state index in [-0.39, 0.29) is 17.9 Å². The van der Waals surface area contributed by atoms with Crippen molar-refractivity contribution in [2.75, 3.05) is 19.7 Å². The maximum absolute atomic E-state index is 13.0. The lowest BCUT2D eigenvalue weighted by Crippen LogP contribution is -2.42. The summed E-state index contributed by atoms with van der Waals surface area (Å²) in [6, 6.07) is 7.73. The molecule has 1 aliphatic rings. The zero-order chi connectivity index (χ0) is 19.4. The molecule has 6 heteroatoms. The summed E-state index contributed by atoms with van der Waals surface area (Å²) < 4.78 is 17.1. The van der Waals surface area contributed by atoms with E-state index < -0.39 is 0 Å². The third kappa shape index (κ3) is 4.26. The lowest BCUT2D eigenvalue weighted by molar-refractivity contribution is 0.0586. The van der Waals surface area contributed by atoms with Gasteiger partial charge >= 0.3 is 0 Å². The highest BCUT2D eigenvalue weighted by atomic mass is 16.5. The maximum Gasteiger partial charge on any atom is 0.259 e. The van der Waals surface area contributed by atoms with Crippen molar-refractivity contribution in [3.05, 3.63) is 41.3 Å². The van der Waals surface area contributed by atoms with Crippen LogP contribution in [0.25, 0.3) is 0 Å². The van der Waals surface area contributed by atoms with Crippen molar-refractivity contribution in [2.45, 2.75) is 52.6 Å². The van der Waals surface area contributed by atoms with Crippen molar-refractivity contribution in [1.29, 1.82) is 0 Å². The Morgan fingerprint density at radius 2 is 1.93 bits per heavy atom. The first kappa shape index (κ1) is 19.3. The molecule has 0 saturated carbocycles. The molecular weight excluding hydrogens is 344 g/mol. The number of carbonyl (C=O) groups excluding carboxylic acids is 1. The largest absolute Gasteiger partial charge is 0.490 e. The topological polar surface area (TPSA) is 64.8 Å². The van der Waals surface area contributed by atoms with Crippen LogP contribution in [0.15, 0.2) is 28.8 Å². The molecule has 1 fully saturated rings. The first-order valence-electron chi connectivity index (χ1n) is 9.65. The highest BCUT2D eigenvalue weighted by molar-refractivity contribution is 5.96. The first-order chi connectivity index (χ1) is 13.0. The van der Waals surface area contributed by atoms with Gasteiger partial charge in [-0.15, -0.1) is 0 Å². The number of para-hydroxylation sites is 2. The van der Waals surface area contributed by atoms with Crippen LogP contribution in [0.2, 0.25) is 0 Å². The van der Waals surface area contributed by atoms with E-state index in [2.05, 4.69) is 5.16 Å². The molecule has 0 aliphatic carbocycles. The van der Waals surface area contributed by atoms with Crippen molar-refractivity contribution >= 4 is 5.91 Å². The monoisotopic (exact) mass is 372 g/mol. The fraction of sp³-hybridized carbons (Fsp3) is 0.524. The molecule has 0 atom stereocenters. The number of hydrogen-bond acceptors (Lipinski definition) is 5. The van der Waals surface area contributed by atoms with Gasteiger partial charge in [0.2, 0.25) is 0 Å². The molecule has 1 amide bonds. The molecule has 1 aromatic carbocycles. The highest BCUT2D eigenvalue weighted by Crippen LogP contribution is 2.30. The van der Waals surface area contributed by atoms with Gasteiger partial charge in [0.15, 0.2) is 17.3 Å². The Morgan fingerprint density at radius 1 is 1.26 bits per heavy atom. The lowest BCUT2D eigenvalue weighted by Gasteiger charge is -2.32. The molecule has 6 nitrogen and oxygen atoms in total. The number of ether oxygens (including phenoxy) is 2. The summed E-state index contributed by atoms with van der Waals surface area (Å²) in [6.07, 6.45) is 1.64. The van der Waals surface area contributed by atoms with Crippen molar-refractivity contribution in [2.24, 2.45) is 0 Å². The van der Waals surface area contributed by atoms with Gasteiger partial charge in [0.05, 0.1) is 12.3 Å². The van der Waals surface area contributed by atoms with E-state index in [0.29, 0.717) is 36.7 Å².